The van der Waals surface area contributed by atoms with E-state index < -0.39 is 23.9 Å². The third kappa shape index (κ3) is 7.57. The molecule has 116 valence electrons. The van der Waals surface area contributed by atoms with Crippen LogP contribution in [0.2, 0.25) is 0 Å². The zero-order chi connectivity index (χ0) is 15.5. The van der Waals surface area contributed by atoms with Gasteiger partial charge in [-0.3, -0.25) is 4.79 Å². The predicted octanol–water partition coefficient (Wildman–Crippen LogP) is -0.227. The van der Waals surface area contributed by atoms with Crippen molar-refractivity contribution in [2.45, 2.75) is 32.7 Å². The molecule has 0 spiro atoms. The Bertz CT molecular complexity index is 335. The summed E-state index contributed by atoms with van der Waals surface area (Å²) < 4.78 is 5.15. The van der Waals surface area contributed by atoms with Crippen molar-refractivity contribution in [1.82, 2.24) is 10.2 Å². The number of hydrogen-bond acceptors (Lipinski definition) is 4. The predicted molar refractivity (Wildman–Crippen MR) is 72.1 cm³/mol. The van der Waals surface area contributed by atoms with Crippen molar-refractivity contribution in [3.05, 3.63) is 0 Å². The molecule has 0 aliphatic carbocycles. The van der Waals surface area contributed by atoms with Crippen LogP contribution in [-0.2, 0) is 14.3 Å². The van der Waals surface area contributed by atoms with Crippen molar-refractivity contribution in [2.24, 2.45) is 5.73 Å². The minimum Gasteiger partial charge on any atom is -0.480 e. The first-order valence-corrected chi connectivity index (χ1v) is 6.56. The molecule has 8 heteroatoms. The van der Waals surface area contributed by atoms with Gasteiger partial charge in [0, 0.05) is 26.1 Å². The number of carboxylic acid groups (broad SMARTS) is 1. The minimum absolute atomic E-state index is 0.0284. The van der Waals surface area contributed by atoms with Crippen molar-refractivity contribution >= 4 is 17.9 Å². The molecule has 0 saturated carbocycles. The molecule has 1 atom stereocenters. The van der Waals surface area contributed by atoms with E-state index in [2.05, 4.69) is 5.32 Å². The molecule has 0 aliphatic rings. The van der Waals surface area contributed by atoms with Gasteiger partial charge in [0.2, 0.25) is 5.91 Å². The normalized spacial score (nSPS) is 11.7. The van der Waals surface area contributed by atoms with Gasteiger partial charge in [0.1, 0.15) is 6.04 Å². The zero-order valence-corrected chi connectivity index (χ0v) is 11.9. The Balaban J connectivity index is 4.39. The lowest BCUT2D eigenvalue weighted by molar-refractivity contribution is -0.139. The largest absolute Gasteiger partial charge is 0.480 e. The summed E-state index contributed by atoms with van der Waals surface area (Å²) in [4.78, 5) is 35.0. The maximum Gasteiger partial charge on any atom is 0.326 e. The Hall–Kier alpha value is -1.83. The number of urea groups is 1. The molecule has 3 amide bonds. The van der Waals surface area contributed by atoms with Crippen LogP contribution in [0.25, 0.3) is 0 Å². The average molecular weight is 289 g/mol. The van der Waals surface area contributed by atoms with Gasteiger partial charge in [-0.15, -0.1) is 0 Å². The molecule has 0 fully saturated rings. The van der Waals surface area contributed by atoms with E-state index in [1.54, 1.807) is 6.92 Å². The van der Waals surface area contributed by atoms with E-state index in [0.29, 0.717) is 26.3 Å². The first-order chi connectivity index (χ1) is 9.42. The third-order valence-electron chi connectivity index (χ3n) is 2.65. The number of amides is 3. The molecule has 0 aromatic carbocycles. The Morgan fingerprint density at radius 2 is 2.00 bits per heavy atom. The minimum atomic E-state index is -1.19. The summed E-state index contributed by atoms with van der Waals surface area (Å²) in [6.07, 6.45) is -0.123. The van der Waals surface area contributed by atoms with Crippen molar-refractivity contribution in [3.8, 4) is 0 Å². The van der Waals surface area contributed by atoms with Gasteiger partial charge in [-0.25, -0.2) is 9.59 Å². The molecule has 0 aliphatic heterocycles. The summed E-state index contributed by atoms with van der Waals surface area (Å²) in [5.74, 6) is -1.80. The lowest BCUT2D eigenvalue weighted by Gasteiger charge is -2.23. The molecule has 20 heavy (non-hydrogen) atoms. The summed E-state index contributed by atoms with van der Waals surface area (Å²) in [5.41, 5.74) is 4.97. The Labute approximate surface area is 118 Å². The number of hydrogen-bond donors (Lipinski definition) is 3. The van der Waals surface area contributed by atoms with Gasteiger partial charge in [-0.1, -0.05) is 0 Å². The van der Waals surface area contributed by atoms with Crippen molar-refractivity contribution in [3.63, 3.8) is 0 Å². The molecule has 0 aromatic rings. The van der Waals surface area contributed by atoms with Crippen LogP contribution in [0.1, 0.15) is 26.7 Å². The van der Waals surface area contributed by atoms with Crippen LogP contribution in [0.4, 0.5) is 4.79 Å². The second kappa shape index (κ2) is 10.0. The molecule has 0 unspecified atom stereocenters. The van der Waals surface area contributed by atoms with Crippen LogP contribution in [0.3, 0.4) is 0 Å². The number of aliphatic carboxylic acids is 1. The first-order valence-electron chi connectivity index (χ1n) is 6.56. The summed E-state index contributed by atoms with van der Waals surface area (Å²) in [6, 6.07) is -1.62. The molecule has 4 N–H and O–H groups in total. The van der Waals surface area contributed by atoms with E-state index in [1.807, 2.05) is 6.92 Å². The number of carbonyl (C=O) groups is 3. The van der Waals surface area contributed by atoms with E-state index in [4.69, 9.17) is 15.6 Å². The monoisotopic (exact) mass is 289 g/mol. The van der Waals surface area contributed by atoms with Gasteiger partial charge in [-0.05, 0) is 20.3 Å². The van der Waals surface area contributed by atoms with Gasteiger partial charge < -0.3 is 25.8 Å². The number of nitrogens with one attached hydrogen (secondary N) is 1. The number of rotatable bonds is 10. The van der Waals surface area contributed by atoms with E-state index >= 15 is 0 Å². The smallest absolute Gasteiger partial charge is 0.326 e. The van der Waals surface area contributed by atoms with Crippen LogP contribution < -0.4 is 11.1 Å². The summed E-state index contributed by atoms with van der Waals surface area (Å²) in [7, 11) is 0. The van der Waals surface area contributed by atoms with Gasteiger partial charge in [-0.2, -0.15) is 0 Å². The number of ether oxygens (including phenoxy) is 1. The number of likely N-dealkylation sites (N-methyl/N-ethyl adjacent to an activating group) is 1. The van der Waals surface area contributed by atoms with Crippen LogP contribution in [0, 0.1) is 0 Å². The fourth-order valence-electron chi connectivity index (χ4n) is 1.51. The van der Waals surface area contributed by atoms with Crippen LogP contribution in [0.15, 0.2) is 0 Å². The quantitative estimate of drug-likeness (QED) is 0.480. The molecule has 0 saturated heterocycles. The van der Waals surface area contributed by atoms with E-state index in [9.17, 15) is 14.4 Å². The summed E-state index contributed by atoms with van der Waals surface area (Å²) >= 11 is 0. The van der Waals surface area contributed by atoms with Gasteiger partial charge in [0.05, 0.1) is 6.61 Å². The molecular formula is C12H23N3O5. The highest BCUT2D eigenvalue weighted by molar-refractivity contribution is 5.83. The van der Waals surface area contributed by atoms with Crippen LogP contribution in [-0.4, -0.2) is 60.3 Å². The maximum absolute atomic E-state index is 11.9. The van der Waals surface area contributed by atoms with Crippen molar-refractivity contribution in [2.75, 3.05) is 26.3 Å². The zero-order valence-electron chi connectivity index (χ0n) is 11.9. The summed E-state index contributed by atoms with van der Waals surface area (Å²) in [5, 5.41) is 11.4. The molecule has 0 heterocycles. The van der Waals surface area contributed by atoms with E-state index in [-0.39, 0.29) is 12.8 Å². The fraction of sp³-hybridized carbons (Fsp3) is 0.750. The van der Waals surface area contributed by atoms with Crippen LogP contribution in [0.5, 0.6) is 0 Å². The standard InChI is InChI=1S/C12H23N3O5/c1-3-15(7-8-20-4-2)12(19)14-9(11(17)18)5-6-10(13)16/h9H,3-8H2,1-2H3,(H2,13,16)(H,14,19)(H,17,18)/t9-/m0/s1. The highest BCUT2D eigenvalue weighted by Gasteiger charge is 2.22. The van der Waals surface area contributed by atoms with Crippen LogP contribution >= 0.6 is 0 Å². The number of carboxylic acids is 1. The Kier molecular flexibility index (Phi) is 9.10. The second-order valence-corrected chi connectivity index (χ2v) is 4.12. The lowest BCUT2D eigenvalue weighted by Crippen LogP contribution is -2.49. The lowest BCUT2D eigenvalue weighted by atomic mass is 10.1. The van der Waals surface area contributed by atoms with Crippen molar-refractivity contribution < 1.29 is 24.2 Å². The molecule has 0 aromatic heterocycles. The van der Waals surface area contributed by atoms with E-state index in [0.717, 1.165) is 0 Å². The SMILES string of the molecule is CCOCCN(CC)C(=O)N[C@@H](CCC(N)=O)C(=O)O. The number of carbonyl (C=O) groups excluding carboxylic acids is 2. The molecular weight excluding hydrogens is 266 g/mol. The summed E-state index contributed by atoms with van der Waals surface area (Å²) in [6.45, 7) is 5.37. The second-order valence-electron chi connectivity index (χ2n) is 4.12. The average Bonchev–Trinajstić information content (AvgIpc) is 2.38. The van der Waals surface area contributed by atoms with E-state index in [1.165, 1.54) is 4.90 Å². The number of nitrogens with zero attached hydrogens (tertiary/aromatic N) is 1. The third-order valence-corrected chi connectivity index (χ3v) is 2.65. The molecule has 0 rings (SSSR count). The number of nitrogens with two attached hydrogens (primary N) is 1. The van der Waals surface area contributed by atoms with Crippen molar-refractivity contribution in [1.29, 1.82) is 0 Å². The Morgan fingerprint density at radius 3 is 2.45 bits per heavy atom. The topological polar surface area (TPSA) is 122 Å². The molecule has 0 radical (unpaired) electrons. The number of primary amides is 1. The van der Waals surface area contributed by atoms with Gasteiger partial charge >= 0.3 is 12.0 Å². The maximum atomic E-state index is 11.9. The Morgan fingerprint density at radius 1 is 1.35 bits per heavy atom. The highest BCUT2D eigenvalue weighted by Crippen LogP contribution is 2.00. The van der Waals surface area contributed by atoms with Gasteiger partial charge in [0.25, 0.3) is 0 Å². The highest BCUT2D eigenvalue weighted by atomic mass is 16.5. The van der Waals surface area contributed by atoms with Gasteiger partial charge in [0.15, 0.2) is 0 Å². The first kappa shape index (κ1) is 18.2. The fourth-order valence-corrected chi connectivity index (χ4v) is 1.51. The molecule has 0 bridgehead atoms. The molecule has 8 nitrogen and oxygen atoms in total.